The van der Waals surface area contributed by atoms with Gasteiger partial charge in [-0.3, -0.25) is 14.4 Å². The van der Waals surface area contributed by atoms with E-state index in [4.69, 9.17) is 14.2 Å². The Morgan fingerprint density at radius 1 is 0.935 bits per heavy atom. The average Bonchev–Trinajstić information content (AvgIpc) is 2.83. The van der Waals surface area contributed by atoms with Crippen LogP contribution in [-0.2, 0) is 78.4 Å². The van der Waals surface area contributed by atoms with Crippen molar-refractivity contribution in [1.29, 1.82) is 0 Å². The van der Waals surface area contributed by atoms with Crippen molar-refractivity contribution in [1.82, 2.24) is 0 Å². The number of hydrogen-bond donors (Lipinski definition) is 0. The first-order valence-corrected chi connectivity index (χ1v) is 11.0. The number of hydrogen-bond acceptors (Lipinski definition) is 6. The van der Waals surface area contributed by atoms with Crippen molar-refractivity contribution in [3.63, 3.8) is 0 Å². The molecule has 1 aliphatic carbocycles. The third-order valence-corrected chi connectivity index (χ3v) is 6.33. The molecule has 0 N–H and O–H groups in total. The van der Waals surface area contributed by atoms with E-state index in [1.54, 1.807) is 0 Å². The predicted octanol–water partition coefficient (Wildman–Crippen LogP) is 4.00. The Bertz CT molecular complexity index is 609. The summed E-state index contributed by atoms with van der Waals surface area (Å²) in [5.74, 6) is 2.96. The molecule has 0 aromatic rings. The molecule has 4 fully saturated rings. The number of fused-ring (bicyclic) bond motifs is 1. The Morgan fingerprint density at radius 2 is 1.55 bits per heavy atom. The number of rotatable bonds is 4. The second-order valence-corrected chi connectivity index (χ2v) is 10.1. The van der Waals surface area contributed by atoms with Gasteiger partial charge in [-0.2, -0.15) is 0 Å². The van der Waals surface area contributed by atoms with Crippen LogP contribution in [0.1, 0.15) is 67.2 Å². The number of carbonyl (C=O) groups excluding carboxylic acids is 3. The van der Waals surface area contributed by atoms with Gasteiger partial charge in [-0.05, 0) is 38.0 Å². The minimum Gasteiger partial charge on any atom is -0.465 e. The van der Waals surface area contributed by atoms with Gasteiger partial charge in [0.05, 0.1) is 37.6 Å². The topological polar surface area (TPSA) is 78.9 Å². The van der Waals surface area contributed by atoms with Gasteiger partial charge >= 0.3 is 17.9 Å². The molecule has 2 radical (unpaired) electrons. The Hall–Kier alpha value is 0.0334. The largest absolute Gasteiger partial charge is 0.465 e. The molecule has 31 heavy (non-hydrogen) atoms. The van der Waals surface area contributed by atoms with Crippen LogP contribution in [0.4, 0.5) is 0 Å². The zero-order valence-corrected chi connectivity index (χ0v) is 23.5. The zero-order valence-electron chi connectivity index (χ0n) is 19.7. The molecular weight excluding hydrogens is 525 g/mol. The molecule has 4 aliphatic rings. The molecule has 0 bridgehead atoms. The average molecular weight is 563 g/mol. The number of cyclic esters (lactones) is 3. The smallest absolute Gasteiger partial charge is 0.312 e. The number of carbonyl (C=O) groups is 3. The summed E-state index contributed by atoms with van der Waals surface area (Å²) in [4.78, 5) is 32.3. The monoisotopic (exact) mass is 562 g/mol. The quantitative estimate of drug-likeness (QED) is 0.293. The van der Waals surface area contributed by atoms with Crippen LogP contribution in [0.3, 0.4) is 0 Å². The molecule has 0 aromatic carbocycles. The van der Waals surface area contributed by atoms with E-state index in [2.05, 4.69) is 27.7 Å². The van der Waals surface area contributed by atoms with E-state index in [9.17, 15) is 14.4 Å². The van der Waals surface area contributed by atoms with Crippen molar-refractivity contribution in [2.24, 2.45) is 40.9 Å². The third-order valence-electron chi connectivity index (χ3n) is 6.33. The molecule has 180 valence electrons. The number of ether oxygens (including phenoxy) is 3. The number of esters is 3. The van der Waals surface area contributed by atoms with Crippen molar-refractivity contribution in [3.8, 4) is 0 Å². The SMILES string of the molecule is CC(C)C[C@@H]1COC(=O)C1.CC(C)C[C@@H]1COC(=O)C1C.C[C@@]12C[C@@H]1COC2=O.[Cu].[Y]. The van der Waals surface area contributed by atoms with Crippen LogP contribution in [0.5, 0.6) is 0 Å². The van der Waals surface area contributed by atoms with Gasteiger partial charge in [-0.1, -0.05) is 34.6 Å². The van der Waals surface area contributed by atoms with Gasteiger partial charge in [-0.15, -0.1) is 0 Å². The van der Waals surface area contributed by atoms with E-state index in [1.165, 1.54) is 0 Å². The van der Waals surface area contributed by atoms with Crippen molar-refractivity contribution in [3.05, 3.63) is 0 Å². The van der Waals surface area contributed by atoms with Gasteiger partial charge in [0.15, 0.2) is 0 Å². The molecule has 8 heteroatoms. The normalized spacial score (nSPS) is 32.3. The maximum atomic E-state index is 10.9. The molecule has 5 atom stereocenters. The van der Waals surface area contributed by atoms with Crippen molar-refractivity contribution >= 4 is 17.9 Å². The van der Waals surface area contributed by atoms with Gasteiger partial charge in [-0.25, -0.2) is 0 Å². The molecule has 3 saturated heterocycles. The summed E-state index contributed by atoms with van der Waals surface area (Å²) in [5, 5.41) is 0. The standard InChI is InChI=1S/C9H16O2.C8H14O2.C6H8O2.Cu.Y/c1-6(2)4-8-5-11-9(10)7(8)3;1-6(2)3-7-4-8(9)10-5-7;1-6-2-4(6)3-8-5(6)7;;/h6-8H,4-5H2,1-3H3;6-7H,3-5H2,1-2H3;4H,2-3H2,1H3;;/t7?,8-;7-;4-,6-;;/m101../s1. The molecule has 6 nitrogen and oxygen atoms in total. The Labute approximate surface area is 223 Å². The Morgan fingerprint density at radius 3 is 1.84 bits per heavy atom. The van der Waals surface area contributed by atoms with E-state index in [0.717, 1.165) is 19.3 Å². The summed E-state index contributed by atoms with van der Waals surface area (Å²) in [6.07, 6.45) is 3.92. The Kier molecular flexibility index (Phi) is 13.7. The van der Waals surface area contributed by atoms with Crippen LogP contribution >= 0.6 is 0 Å². The second kappa shape index (κ2) is 13.7. The third kappa shape index (κ3) is 9.43. The molecule has 0 aromatic heterocycles. The van der Waals surface area contributed by atoms with E-state index in [-0.39, 0.29) is 79.0 Å². The van der Waals surface area contributed by atoms with E-state index in [0.29, 0.717) is 55.8 Å². The first kappa shape index (κ1) is 31.0. The predicted molar refractivity (Wildman–Crippen MR) is 109 cm³/mol. The maximum absolute atomic E-state index is 10.9. The molecule has 1 saturated carbocycles. The fraction of sp³-hybridized carbons (Fsp3) is 0.870. The minimum atomic E-state index is -0.0417. The minimum absolute atomic E-state index is 0. The molecule has 0 spiro atoms. The van der Waals surface area contributed by atoms with Gasteiger partial charge in [0, 0.05) is 67.5 Å². The summed E-state index contributed by atoms with van der Waals surface area (Å²) in [7, 11) is 0. The Balaban J connectivity index is 0.000000425. The van der Waals surface area contributed by atoms with Crippen LogP contribution in [-0.4, -0.2) is 37.7 Å². The first-order valence-electron chi connectivity index (χ1n) is 11.0. The van der Waals surface area contributed by atoms with E-state index >= 15 is 0 Å². The molecule has 0 amide bonds. The van der Waals surface area contributed by atoms with Crippen LogP contribution in [0, 0.1) is 40.9 Å². The molecule has 4 rings (SSSR count). The van der Waals surface area contributed by atoms with Crippen LogP contribution in [0.15, 0.2) is 0 Å². The van der Waals surface area contributed by atoms with Crippen molar-refractivity contribution in [2.45, 2.75) is 67.2 Å². The van der Waals surface area contributed by atoms with Crippen molar-refractivity contribution < 1.29 is 78.4 Å². The molecule has 1 unspecified atom stereocenters. The summed E-state index contributed by atoms with van der Waals surface area (Å²) in [6, 6.07) is 0. The zero-order chi connectivity index (χ0) is 21.8. The van der Waals surface area contributed by atoms with Gasteiger partial charge in [0.1, 0.15) is 0 Å². The maximum Gasteiger partial charge on any atom is 0.312 e. The van der Waals surface area contributed by atoms with Crippen LogP contribution in [0.25, 0.3) is 0 Å². The molecule has 3 heterocycles. The summed E-state index contributed by atoms with van der Waals surface area (Å²) in [6.45, 7) is 14.6. The van der Waals surface area contributed by atoms with Gasteiger partial charge < -0.3 is 14.2 Å². The van der Waals surface area contributed by atoms with E-state index < -0.39 is 0 Å². The van der Waals surface area contributed by atoms with E-state index in [1.807, 2.05) is 13.8 Å². The van der Waals surface area contributed by atoms with Gasteiger partial charge in [0.25, 0.3) is 0 Å². The summed E-state index contributed by atoms with van der Waals surface area (Å²) in [5.41, 5.74) is -0.0417. The fourth-order valence-corrected chi connectivity index (χ4v) is 4.20. The van der Waals surface area contributed by atoms with Crippen LogP contribution < -0.4 is 0 Å². The van der Waals surface area contributed by atoms with Crippen LogP contribution in [0.2, 0.25) is 0 Å². The molecular formula is C23H38CuO6Y. The van der Waals surface area contributed by atoms with Crippen molar-refractivity contribution in [2.75, 3.05) is 19.8 Å². The second-order valence-electron chi connectivity index (χ2n) is 10.1. The fourth-order valence-electron chi connectivity index (χ4n) is 4.20. The molecule has 3 aliphatic heterocycles. The first-order chi connectivity index (χ1) is 13.5. The van der Waals surface area contributed by atoms with Gasteiger partial charge in [0.2, 0.25) is 0 Å². The summed E-state index contributed by atoms with van der Waals surface area (Å²) >= 11 is 0. The summed E-state index contributed by atoms with van der Waals surface area (Å²) < 4.78 is 14.5.